The van der Waals surface area contributed by atoms with E-state index in [1.807, 2.05) is 13.0 Å². The van der Waals surface area contributed by atoms with Crippen molar-refractivity contribution in [2.75, 3.05) is 39.6 Å². The topological polar surface area (TPSA) is 43.5 Å². The van der Waals surface area contributed by atoms with Gasteiger partial charge in [-0.1, -0.05) is 6.08 Å². The average molecular weight is 214 g/mol. The van der Waals surface area contributed by atoms with Crippen LogP contribution in [-0.4, -0.2) is 51.8 Å². The molecule has 0 amide bonds. The van der Waals surface area contributed by atoms with E-state index in [4.69, 9.17) is 18.9 Å². The molecule has 4 heteroatoms. The number of epoxide rings is 2. The Morgan fingerprint density at radius 3 is 1.93 bits per heavy atom. The largest absolute Gasteiger partial charge is 0.374 e. The van der Waals surface area contributed by atoms with Gasteiger partial charge < -0.3 is 18.9 Å². The normalized spacial score (nSPS) is 27.5. The highest BCUT2D eigenvalue weighted by molar-refractivity contribution is 5.01. The Balaban J connectivity index is 1.50. The number of ether oxygens (including phenoxy) is 4. The minimum Gasteiger partial charge on any atom is -0.374 e. The van der Waals surface area contributed by atoms with Gasteiger partial charge in [0.05, 0.1) is 39.6 Å². The minimum absolute atomic E-state index is 0.337. The predicted molar refractivity (Wildman–Crippen MR) is 54.9 cm³/mol. The van der Waals surface area contributed by atoms with Gasteiger partial charge in [0.2, 0.25) is 0 Å². The fraction of sp³-hybridized carbons (Fsp3) is 0.818. The van der Waals surface area contributed by atoms with E-state index in [-0.39, 0.29) is 0 Å². The Morgan fingerprint density at radius 2 is 1.60 bits per heavy atom. The van der Waals surface area contributed by atoms with Crippen LogP contribution < -0.4 is 0 Å². The van der Waals surface area contributed by atoms with Crippen molar-refractivity contribution in [3.63, 3.8) is 0 Å². The zero-order valence-electron chi connectivity index (χ0n) is 9.11. The van der Waals surface area contributed by atoms with Gasteiger partial charge in [-0.05, 0) is 12.5 Å². The van der Waals surface area contributed by atoms with Crippen molar-refractivity contribution in [3.05, 3.63) is 11.6 Å². The van der Waals surface area contributed by atoms with Gasteiger partial charge in [0.1, 0.15) is 12.2 Å². The summed E-state index contributed by atoms with van der Waals surface area (Å²) in [6.45, 7) is 6.38. The SMILES string of the molecule is CC=C(COCC1CO1)COCC1CO1. The van der Waals surface area contributed by atoms with Crippen molar-refractivity contribution in [1.82, 2.24) is 0 Å². The van der Waals surface area contributed by atoms with Gasteiger partial charge in [0.15, 0.2) is 0 Å². The van der Waals surface area contributed by atoms with Crippen molar-refractivity contribution >= 4 is 0 Å². The van der Waals surface area contributed by atoms with E-state index in [1.54, 1.807) is 0 Å². The van der Waals surface area contributed by atoms with Crippen molar-refractivity contribution in [2.24, 2.45) is 0 Å². The molecular weight excluding hydrogens is 196 g/mol. The first-order chi connectivity index (χ1) is 7.38. The molecular formula is C11H18O4. The molecule has 2 atom stereocenters. The summed E-state index contributed by atoms with van der Waals surface area (Å²) in [7, 11) is 0. The van der Waals surface area contributed by atoms with Crippen LogP contribution in [0.15, 0.2) is 11.6 Å². The van der Waals surface area contributed by atoms with Crippen LogP contribution in [0.2, 0.25) is 0 Å². The minimum atomic E-state index is 0.337. The molecule has 2 rings (SSSR count). The molecule has 0 radical (unpaired) electrons. The number of rotatable bonds is 8. The molecule has 0 aromatic carbocycles. The van der Waals surface area contributed by atoms with E-state index in [0.29, 0.717) is 38.6 Å². The highest BCUT2D eigenvalue weighted by Gasteiger charge is 2.23. The Hall–Kier alpha value is -0.420. The van der Waals surface area contributed by atoms with Gasteiger partial charge in [-0.15, -0.1) is 0 Å². The van der Waals surface area contributed by atoms with Crippen LogP contribution in [0, 0.1) is 0 Å². The Kier molecular flexibility index (Phi) is 4.14. The summed E-state index contributed by atoms with van der Waals surface area (Å²) in [5.41, 5.74) is 1.18. The van der Waals surface area contributed by atoms with Crippen molar-refractivity contribution in [1.29, 1.82) is 0 Å². The van der Waals surface area contributed by atoms with Crippen LogP contribution in [0.4, 0.5) is 0 Å². The highest BCUT2D eigenvalue weighted by Crippen LogP contribution is 2.11. The maximum Gasteiger partial charge on any atom is 0.104 e. The van der Waals surface area contributed by atoms with E-state index in [0.717, 1.165) is 13.2 Å². The van der Waals surface area contributed by atoms with Gasteiger partial charge in [0.25, 0.3) is 0 Å². The summed E-state index contributed by atoms with van der Waals surface area (Å²) in [6, 6.07) is 0. The molecule has 2 heterocycles. The summed E-state index contributed by atoms with van der Waals surface area (Å²) in [5, 5.41) is 0. The summed E-state index contributed by atoms with van der Waals surface area (Å²) >= 11 is 0. The first-order valence-electron chi connectivity index (χ1n) is 5.41. The molecule has 15 heavy (non-hydrogen) atoms. The third-order valence-electron chi connectivity index (χ3n) is 2.40. The van der Waals surface area contributed by atoms with Crippen LogP contribution >= 0.6 is 0 Å². The molecule has 0 aromatic rings. The standard InChI is InChI=1S/C11H18O4/c1-2-9(3-12-5-10-7-14-10)4-13-6-11-8-15-11/h2,10-11H,3-8H2,1H3. The van der Waals surface area contributed by atoms with Crippen LogP contribution in [0.25, 0.3) is 0 Å². The summed E-state index contributed by atoms with van der Waals surface area (Å²) in [5.74, 6) is 0. The van der Waals surface area contributed by atoms with Gasteiger partial charge in [-0.25, -0.2) is 0 Å². The molecule has 2 aliphatic heterocycles. The molecule has 86 valence electrons. The molecule has 2 saturated heterocycles. The molecule has 0 bridgehead atoms. The van der Waals surface area contributed by atoms with Crippen LogP contribution in [0.1, 0.15) is 6.92 Å². The van der Waals surface area contributed by atoms with Gasteiger partial charge in [-0.2, -0.15) is 0 Å². The number of allylic oxidation sites excluding steroid dienone is 1. The smallest absolute Gasteiger partial charge is 0.104 e. The molecule has 4 nitrogen and oxygen atoms in total. The summed E-state index contributed by atoms with van der Waals surface area (Å²) in [4.78, 5) is 0. The first-order valence-corrected chi connectivity index (χ1v) is 5.41. The number of hydrogen-bond donors (Lipinski definition) is 0. The van der Waals surface area contributed by atoms with Crippen LogP contribution in [0.5, 0.6) is 0 Å². The number of hydrogen-bond acceptors (Lipinski definition) is 4. The van der Waals surface area contributed by atoms with E-state index in [1.165, 1.54) is 5.57 Å². The van der Waals surface area contributed by atoms with Gasteiger partial charge in [0, 0.05) is 0 Å². The Bertz CT molecular complexity index is 199. The molecule has 2 fully saturated rings. The third kappa shape index (κ3) is 4.75. The monoisotopic (exact) mass is 214 g/mol. The van der Waals surface area contributed by atoms with Gasteiger partial charge in [-0.3, -0.25) is 0 Å². The van der Waals surface area contributed by atoms with E-state index in [2.05, 4.69) is 0 Å². The van der Waals surface area contributed by atoms with E-state index >= 15 is 0 Å². The molecule has 0 aromatic heterocycles. The summed E-state index contributed by atoms with van der Waals surface area (Å²) < 4.78 is 21.1. The Labute approximate surface area is 90.1 Å². The zero-order valence-corrected chi connectivity index (χ0v) is 9.11. The van der Waals surface area contributed by atoms with Gasteiger partial charge >= 0.3 is 0 Å². The second-order valence-corrected chi connectivity index (χ2v) is 3.89. The lowest BCUT2D eigenvalue weighted by molar-refractivity contribution is 0.102. The molecule has 0 N–H and O–H groups in total. The molecule has 0 saturated carbocycles. The Morgan fingerprint density at radius 1 is 1.13 bits per heavy atom. The highest BCUT2D eigenvalue weighted by atomic mass is 16.6. The molecule has 0 spiro atoms. The zero-order chi connectivity index (χ0) is 10.5. The van der Waals surface area contributed by atoms with Crippen LogP contribution in [-0.2, 0) is 18.9 Å². The third-order valence-corrected chi connectivity index (χ3v) is 2.40. The quantitative estimate of drug-likeness (QED) is 0.442. The fourth-order valence-corrected chi connectivity index (χ4v) is 1.18. The lowest BCUT2D eigenvalue weighted by Gasteiger charge is -2.07. The predicted octanol–water partition coefficient (Wildman–Crippen LogP) is 0.763. The van der Waals surface area contributed by atoms with E-state index in [9.17, 15) is 0 Å². The molecule has 2 aliphatic rings. The van der Waals surface area contributed by atoms with Crippen molar-refractivity contribution in [3.8, 4) is 0 Å². The second-order valence-electron chi connectivity index (χ2n) is 3.89. The first kappa shape index (κ1) is 11.1. The van der Waals surface area contributed by atoms with Crippen LogP contribution in [0.3, 0.4) is 0 Å². The van der Waals surface area contributed by atoms with E-state index < -0.39 is 0 Å². The average Bonchev–Trinajstić information content (AvgIpc) is 3.09. The lowest BCUT2D eigenvalue weighted by atomic mass is 10.3. The summed E-state index contributed by atoms with van der Waals surface area (Å²) in [6.07, 6.45) is 2.72. The molecule has 0 aliphatic carbocycles. The fourth-order valence-electron chi connectivity index (χ4n) is 1.18. The lowest BCUT2D eigenvalue weighted by Crippen LogP contribution is -2.10. The van der Waals surface area contributed by atoms with Crippen molar-refractivity contribution < 1.29 is 18.9 Å². The second kappa shape index (κ2) is 5.61. The maximum atomic E-state index is 5.48. The van der Waals surface area contributed by atoms with Crippen molar-refractivity contribution in [2.45, 2.75) is 19.1 Å². The maximum absolute atomic E-state index is 5.48. The molecule has 2 unspecified atom stereocenters.